The first-order valence-corrected chi connectivity index (χ1v) is 14.8. The Balaban J connectivity index is 1.07. The van der Waals surface area contributed by atoms with Gasteiger partial charge in [0.1, 0.15) is 0 Å². The molecule has 0 radical (unpaired) electrons. The molecule has 10 heteroatoms. The van der Waals surface area contributed by atoms with Crippen molar-refractivity contribution in [3.8, 4) is 0 Å². The van der Waals surface area contributed by atoms with Crippen molar-refractivity contribution >= 4 is 17.2 Å². The molecule has 43 heavy (non-hydrogen) atoms. The molecule has 224 valence electrons. The molecule has 1 atom stereocenters. The van der Waals surface area contributed by atoms with Crippen LogP contribution in [0.1, 0.15) is 64.0 Å². The van der Waals surface area contributed by atoms with Crippen LogP contribution in [0.4, 0.5) is 18.9 Å². The summed E-state index contributed by atoms with van der Waals surface area (Å²) < 4.78 is 44.3. The summed E-state index contributed by atoms with van der Waals surface area (Å²) in [7, 11) is 3.99. The number of nitrogens with zero attached hydrogens (tertiary/aromatic N) is 5. The van der Waals surface area contributed by atoms with Gasteiger partial charge in [-0.05, 0) is 105 Å². The van der Waals surface area contributed by atoms with Crippen molar-refractivity contribution in [3.05, 3.63) is 94.4 Å². The summed E-state index contributed by atoms with van der Waals surface area (Å²) in [6.45, 7) is 3.77. The molecule has 1 aliphatic heterocycles. The first kappa shape index (κ1) is 28.0. The molecule has 4 aromatic rings. The van der Waals surface area contributed by atoms with E-state index in [1.165, 1.54) is 6.07 Å². The third-order valence-corrected chi connectivity index (χ3v) is 9.97. The van der Waals surface area contributed by atoms with Crippen molar-refractivity contribution in [1.82, 2.24) is 24.4 Å². The molecule has 3 heterocycles. The number of imidazole rings is 1. The van der Waals surface area contributed by atoms with Crippen molar-refractivity contribution in [3.63, 3.8) is 0 Å². The second-order valence-electron chi connectivity index (χ2n) is 13.0. The number of alkyl halides is 3. The minimum atomic E-state index is -4.52. The average Bonchev–Trinajstić information content (AvgIpc) is 3.56. The molecule has 7 nitrogen and oxygen atoms in total. The maximum Gasteiger partial charge on any atom is 0.416 e. The molecule has 1 saturated heterocycles. The van der Waals surface area contributed by atoms with Gasteiger partial charge in [0.2, 0.25) is 0 Å². The standard InChI is InChI=1S/C33H35F3N6O/c1-21-6-7-22(13-26(21)31-18-32(19-31,20-31)28-15-37-29-5-4-11-38-42(28)29)30(43)39-24-9-8-23(27(14-24)33(34,35)36)16-41-12-10-25(17-41)40(2)3/h4-9,11,13-15,25H,10,12,16-20H2,1-3H3,(H,39,43). The fourth-order valence-electron chi connectivity index (χ4n) is 7.75. The Bertz CT molecular complexity index is 1710. The van der Waals surface area contributed by atoms with E-state index < -0.39 is 17.6 Å². The van der Waals surface area contributed by atoms with E-state index in [1.807, 2.05) is 49.1 Å². The van der Waals surface area contributed by atoms with E-state index in [0.717, 1.165) is 67.3 Å². The van der Waals surface area contributed by atoms with Crippen LogP contribution in [0.15, 0.2) is 60.9 Å². The van der Waals surface area contributed by atoms with E-state index in [-0.39, 0.29) is 28.6 Å². The van der Waals surface area contributed by atoms with Gasteiger partial charge in [-0.2, -0.15) is 18.3 Å². The largest absolute Gasteiger partial charge is 0.416 e. The molecule has 2 aromatic carbocycles. The van der Waals surface area contributed by atoms with Crippen LogP contribution in [0.3, 0.4) is 0 Å². The molecule has 4 aliphatic rings. The van der Waals surface area contributed by atoms with Gasteiger partial charge < -0.3 is 10.2 Å². The van der Waals surface area contributed by atoms with Crippen LogP contribution in [0.2, 0.25) is 0 Å². The zero-order chi connectivity index (χ0) is 30.1. The molecule has 1 unspecified atom stereocenters. The highest BCUT2D eigenvalue weighted by molar-refractivity contribution is 6.04. The monoisotopic (exact) mass is 588 g/mol. The minimum absolute atomic E-state index is 0.00836. The van der Waals surface area contributed by atoms with E-state index in [9.17, 15) is 18.0 Å². The summed E-state index contributed by atoms with van der Waals surface area (Å²) in [6, 6.07) is 13.9. The number of amides is 1. The van der Waals surface area contributed by atoms with Gasteiger partial charge in [-0.15, -0.1) is 0 Å². The van der Waals surface area contributed by atoms with Crippen molar-refractivity contribution in [2.75, 3.05) is 32.5 Å². The molecule has 2 aromatic heterocycles. The number of carbonyl (C=O) groups is 1. The number of halogens is 3. The van der Waals surface area contributed by atoms with E-state index in [2.05, 4.69) is 32.1 Å². The fraction of sp³-hybridized carbons (Fsp3) is 0.424. The van der Waals surface area contributed by atoms with Gasteiger partial charge >= 0.3 is 6.18 Å². The second kappa shape index (κ2) is 9.89. The van der Waals surface area contributed by atoms with Crippen LogP contribution >= 0.6 is 0 Å². The highest BCUT2D eigenvalue weighted by Gasteiger charge is 2.70. The molecule has 4 fully saturated rings. The summed E-state index contributed by atoms with van der Waals surface area (Å²) in [5, 5.41) is 7.22. The molecular formula is C33H35F3N6O. The number of rotatable bonds is 7. The number of carbonyl (C=O) groups excluding carboxylic acids is 1. The summed E-state index contributed by atoms with van der Waals surface area (Å²) >= 11 is 0. The number of hydrogen-bond acceptors (Lipinski definition) is 5. The first-order valence-electron chi connectivity index (χ1n) is 14.8. The number of hydrogen-bond donors (Lipinski definition) is 1. The Hall–Kier alpha value is -3.76. The van der Waals surface area contributed by atoms with Crippen LogP contribution in [0.5, 0.6) is 0 Å². The summed E-state index contributed by atoms with van der Waals surface area (Å²) in [4.78, 5) is 22.0. The lowest BCUT2D eigenvalue weighted by atomic mass is 9.32. The second-order valence-corrected chi connectivity index (χ2v) is 13.0. The number of likely N-dealkylation sites (tertiary alicyclic amines) is 1. The number of fused-ring (bicyclic) bond motifs is 1. The van der Waals surface area contributed by atoms with Crippen LogP contribution < -0.4 is 5.32 Å². The average molecular weight is 589 g/mol. The normalized spacial score (nSPS) is 25.1. The van der Waals surface area contributed by atoms with Crippen LogP contribution in [0.25, 0.3) is 5.65 Å². The summed E-state index contributed by atoms with van der Waals surface area (Å²) in [5.41, 5.74) is 4.35. The number of aryl methyl sites for hydroxylation is 1. The van der Waals surface area contributed by atoms with Crippen molar-refractivity contribution in [1.29, 1.82) is 0 Å². The quantitative estimate of drug-likeness (QED) is 0.295. The summed E-state index contributed by atoms with van der Waals surface area (Å²) in [6.07, 6.45) is 2.97. The Labute approximate surface area is 248 Å². The van der Waals surface area contributed by atoms with E-state index in [1.54, 1.807) is 18.3 Å². The number of likely N-dealkylation sites (N-methyl/N-ethyl adjacent to an activating group) is 1. The predicted octanol–water partition coefficient (Wildman–Crippen LogP) is 5.82. The number of nitrogens with one attached hydrogen (secondary N) is 1. The number of benzene rings is 2. The highest BCUT2D eigenvalue weighted by atomic mass is 19.4. The van der Waals surface area contributed by atoms with E-state index in [0.29, 0.717) is 11.6 Å². The van der Waals surface area contributed by atoms with Gasteiger partial charge in [-0.3, -0.25) is 9.69 Å². The van der Waals surface area contributed by atoms with Gasteiger partial charge in [-0.25, -0.2) is 9.50 Å². The fourth-order valence-corrected chi connectivity index (χ4v) is 7.75. The molecule has 1 N–H and O–H groups in total. The van der Waals surface area contributed by atoms with Gasteiger partial charge in [0.05, 0.1) is 17.5 Å². The maximum absolute atomic E-state index is 14.1. The van der Waals surface area contributed by atoms with Crippen LogP contribution in [-0.4, -0.2) is 63.5 Å². The third-order valence-electron chi connectivity index (χ3n) is 9.97. The maximum atomic E-state index is 14.1. The number of anilines is 1. The number of aromatic nitrogens is 3. The predicted molar refractivity (Wildman–Crippen MR) is 158 cm³/mol. The molecule has 8 rings (SSSR count). The van der Waals surface area contributed by atoms with Gasteiger partial charge in [0.25, 0.3) is 5.91 Å². The SMILES string of the molecule is Cc1ccc(C(=O)Nc2ccc(CN3CCC(N(C)C)C3)c(C(F)(F)F)c2)cc1C12CC(c3cnc4cccnn34)(C1)C2. The first-order chi connectivity index (χ1) is 20.5. The molecule has 0 spiro atoms. The van der Waals surface area contributed by atoms with Gasteiger partial charge in [0, 0.05) is 48.5 Å². The minimum Gasteiger partial charge on any atom is -0.322 e. The lowest BCUT2D eigenvalue weighted by Crippen LogP contribution is -2.67. The van der Waals surface area contributed by atoms with Crippen molar-refractivity contribution < 1.29 is 18.0 Å². The Kier molecular flexibility index (Phi) is 6.45. The zero-order valence-corrected chi connectivity index (χ0v) is 24.6. The Morgan fingerprint density at radius 2 is 1.88 bits per heavy atom. The molecular weight excluding hydrogens is 553 g/mol. The third kappa shape index (κ3) is 4.71. The Morgan fingerprint density at radius 3 is 2.60 bits per heavy atom. The topological polar surface area (TPSA) is 65.8 Å². The molecule has 3 aliphatic carbocycles. The molecule has 3 saturated carbocycles. The smallest absolute Gasteiger partial charge is 0.322 e. The van der Waals surface area contributed by atoms with Crippen LogP contribution in [0, 0.1) is 6.92 Å². The molecule has 1 amide bonds. The van der Waals surface area contributed by atoms with Crippen molar-refractivity contribution in [2.45, 2.75) is 62.2 Å². The zero-order valence-electron chi connectivity index (χ0n) is 24.6. The van der Waals surface area contributed by atoms with Crippen LogP contribution in [-0.2, 0) is 23.6 Å². The molecule has 2 bridgehead atoms. The van der Waals surface area contributed by atoms with Gasteiger partial charge in [-0.1, -0.05) is 12.1 Å². The van der Waals surface area contributed by atoms with Gasteiger partial charge in [0.15, 0.2) is 5.65 Å². The van der Waals surface area contributed by atoms with E-state index >= 15 is 0 Å². The lowest BCUT2D eigenvalue weighted by molar-refractivity contribution is -0.138. The summed E-state index contributed by atoms with van der Waals surface area (Å²) in [5.74, 6) is -0.414. The van der Waals surface area contributed by atoms with Crippen molar-refractivity contribution in [2.24, 2.45) is 0 Å². The lowest BCUT2D eigenvalue weighted by Gasteiger charge is -2.71. The Morgan fingerprint density at radius 1 is 1.09 bits per heavy atom. The van der Waals surface area contributed by atoms with E-state index in [4.69, 9.17) is 0 Å². The highest BCUT2D eigenvalue weighted by Crippen LogP contribution is 2.74.